The van der Waals surface area contributed by atoms with Crippen molar-refractivity contribution in [3.05, 3.63) is 62.9 Å². The molecule has 7 heteroatoms. The van der Waals surface area contributed by atoms with E-state index in [1.165, 1.54) is 12.7 Å². The molecule has 35 heavy (non-hydrogen) atoms. The van der Waals surface area contributed by atoms with Crippen molar-refractivity contribution in [3.63, 3.8) is 0 Å². The number of nitrogens with zero attached hydrogens (tertiary/aromatic N) is 3. The Kier molecular flexibility index (Phi) is 8.13. The first kappa shape index (κ1) is 26.6. The lowest BCUT2D eigenvalue weighted by molar-refractivity contribution is -0.176. The molecule has 4 heterocycles. The third-order valence-electron chi connectivity index (χ3n) is 6.45. The predicted octanol–water partition coefficient (Wildman–Crippen LogP) is 4.85. The second-order valence-corrected chi connectivity index (χ2v) is 8.49. The van der Waals surface area contributed by atoms with E-state index in [0.717, 1.165) is 34.4 Å². The van der Waals surface area contributed by atoms with Crippen LogP contribution in [0.4, 0.5) is 0 Å². The van der Waals surface area contributed by atoms with Gasteiger partial charge in [0.15, 0.2) is 5.60 Å². The molecule has 0 N–H and O–H groups in total. The van der Waals surface area contributed by atoms with Crippen molar-refractivity contribution in [2.75, 3.05) is 21.2 Å². The molecule has 188 valence electrons. The summed E-state index contributed by atoms with van der Waals surface area (Å²) < 4.78 is 12.7. The number of carbonyl (C=O) groups excluding carboxylic acids is 1. The summed E-state index contributed by atoms with van der Waals surface area (Å²) in [5.41, 5.74) is 4.28. The van der Waals surface area contributed by atoms with E-state index in [0.29, 0.717) is 24.1 Å². The molecule has 0 fully saturated rings. The SMILES string of the molecule is CC.CC.CC[C@@]1(OC)C(=O)OCc2c1cc1n(c2=O)Cc2cc3c(CN(C)C)cccc3nc2-1. The topological polar surface area (TPSA) is 73.7 Å². The highest BCUT2D eigenvalue weighted by Gasteiger charge is 2.47. The van der Waals surface area contributed by atoms with Crippen molar-refractivity contribution in [3.8, 4) is 11.4 Å². The van der Waals surface area contributed by atoms with E-state index < -0.39 is 11.6 Å². The van der Waals surface area contributed by atoms with Crippen molar-refractivity contribution >= 4 is 16.9 Å². The molecule has 0 unspecified atom stereocenters. The maximum Gasteiger partial charge on any atom is 0.343 e. The second-order valence-electron chi connectivity index (χ2n) is 8.49. The Bertz CT molecular complexity index is 1290. The average molecular weight is 480 g/mol. The van der Waals surface area contributed by atoms with Gasteiger partial charge in [-0.25, -0.2) is 9.78 Å². The first-order valence-corrected chi connectivity index (χ1v) is 12.5. The van der Waals surface area contributed by atoms with Gasteiger partial charge in [0.1, 0.15) is 6.61 Å². The van der Waals surface area contributed by atoms with Crippen molar-refractivity contribution in [2.45, 2.75) is 66.3 Å². The van der Waals surface area contributed by atoms with Gasteiger partial charge in [0.05, 0.1) is 29.0 Å². The highest BCUT2D eigenvalue weighted by molar-refractivity contribution is 5.88. The number of ether oxygens (including phenoxy) is 2. The molecule has 3 aromatic rings. The molecule has 0 spiro atoms. The maximum atomic E-state index is 13.4. The minimum atomic E-state index is -1.26. The van der Waals surface area contributed by atoms with Gasteiger partial charge in [-0.3, -0.25) is 4.79 Å². The minimum Gasteiger partial charge on any atom is -0.458 e. The summed E-state index contributed by atoms with van der Waals surface area (Å²) in [7, 11) is 5.56. The third kappa shape index (κ3) is 4.28. The molecule has 0 saturated carbocycles. The van der Waals surface area contributed by atoms with E-state index in [4.69, 9.17) is 14.5 Å². The van der Waals surface area contributed by atoms with Crippen molar-refractivity contribution < 1.29 is 14.3 Å². The smallest absolute Gasteiger partial charge is 0.343 e. The fraction of sp³-hybridized carbons (Fsp3) is 0.464. The zero-order valence-corrected chi connectivity index (χ0v) is 22.2. The van der Waals surface area contributed by atoms with Crippen LogP contribution >= 0.6 is 0 Å². The van der Waals surface area contributed by atoms with E-state index in [-0.39, 0.29) is 12.2 Å². The molecule has 1 atom stereocenters. The summed E-state index contributed by atoms with van der Waals surface area (Å²) in [4.78, 5) is 33.1. The quantitative estimate of drug-likeness (QED) is 0.390. The highest BCUT2D eigenvalue weighted by atomic mass is 16.6. The lowest BCUT2D eigenvalue weighted by Gasteiger charge is -2.35. The van der Waals surface area contributed by atoms with Gasteiger partial charge in [0.2, 0.25) is 0 Å². The van der Waals surface area contributed by atoms with Crippen LogP contribution in [-0.4, -0.2) is 41.6 Å². The summed E-state index contributed by atoms with van der Waals surface area (Å²) in [5, 5.41) is 1.10. The van der Waals surface area contributed by atoms with Gasteiger partial charge in [-0.1, -0.05) is 46.8 Å². The van der Waals surface area contributed by atoms with Crippen LogP contribution in [0.5, 0.6) is 0 Å². The number of benzene rings is 1. The number of carbonyl (C=O) groups is 1. The fourth-order valence-electron chi connectivity index (χ4n) is 4.87. The van der Waals surface area contributed by atoms with E-state index in [9.17, 15) is 9.59 Å². The van der Waals surface area contributed by atoms with E-state index in [1.54, 1.807) is 4.57 Å². The minimum absolute atomic E-state index is 0.0306. The Labute approximate surface area is 207 Å². The second kappa shape index (κ2) is 10.7. The molecule has 2 aliphatic rings. The van der Waals surface area contributed by atoms with Gasteiger partial charge in [-0.2, -0.15) is 0 Å². The van der Waals surface area contributed by atoms with E-state index in [2.05, 4.69) is 17.0 Å². The van der Waals surface area contributed by atoms with Gasteiger partial charge in [-0.05, 0) is 44.3 Å². The average Bonchev–Trinajstić information content (AvgIpc) is 3.24. The number of cyclic esters (lactones) is 1. The summed E-state index contributed by atoms with van der Waals surface area (Å²) >= 11 is 0. The molecular formula is C28H37N3O4. The van der Waals surface area contributed by atoms with Gasteiger partial charge in [-0.15, -0.1) is 0 Å². The summed E-state index contributed by atoms with van der Waals surface area (Å²) in [5.74, 6) is -0.452. The molecule has 7 nitrogen and oxygen atoms in total. The van der Waals surface area contributed by atoms with Gasteiger partial charge < -0.3 is 18.9 Å². The number of rotatable bonds is 4. The van der Waals surface area contributed by atoms with Crippen LogP contribution in [0, 0.1) is 0 Å². The summed E-state index contributed by atoms with van der Waals surface area (Å²) in [6.45, 7) is 11.1. The van der Waals surface area contributed by atoms with Crippen LogP contribution in [0.15, 0.2) is 35.1 Å². The molecule has 5 rings (SSSR count). The molecule has 0 aliphatic carbocycles. The van der Waals surface area contributed by atoms with Crippen molar-refractivity contribution in [2.24, 2.45) is 0 Å². The molecule has 0 amide bonds. The Balaban J connectivity index is 0.000000815. The number of hydrogen-bond acceptors (Lipinski definition) is 6. The normalized spacial score (nSPS) is 17.5. The molecule has 2 aliphatic heterocycles. The van der Waals surface area contributed by atoms with E-state index in [1.807, 2.05) is 66.9 Å². The Morgan fingerprint density at radius 2 is 1.86 bits per heavy atom. The fourth-order valence-corrected chi connectivity index (χ4v) is 4.87. The standard InChI is InChI=1S/C24H25N3O4.2C2H6/c1-5-24(30-4)18-10-20-21-15(12-27(20)22(28)17(18)13-31-23(24)29)9-16-14(11-26(2)3)7-6-8-19(16)25-21;2*1-2/h6-10H,5,11-13H2,1-4H3;2*1-2H3/t24-;;/m0../s1. The zero-order chi connectivity index (χ0) is 25.9. The first-order chi connectivity index (χ1) is 16.9. The number of hydrogen-bond donors (Lipinski definition) is 0. The summed E-state index contributed by atoms with van der Waals surface area (Å²) in [6.07, 6.45) is 0.379. The number of fused-ring (bicyclic) bond motifs is 5. The number of pyridine rings is 2. The van der Waals surface area contributed by atoms with Crippen LogP contribution in [-0.2, 0) is 39.6 Å². The monoisotopic (exact) mass is 479 g/mol. The number of esters is 1. The number of methoxy groups -OCH3 is 1. The van der Waals surface area contributed by atoms with Gasteiger partial charge in [0, 0.05) is 30.2 Å². The lowest BCUT2D eigenvalue weighted by atomic mass is 9.85. The summed E-state index contributed by atoms with van der Waals surface area (Å²) in [6, 6.07) is 10.2. The van der Waals surface area contributed by atoms with E-state index >= 15 is 0 Å². The first-order valence-electron chi connectivity index (χ1n) is 12.5. The van der Waals surface area contributed by atoms with Crippen LogP contribution in [0.25, 0.3) is 22.3 Å². The van der Waals surface area contributed by atoms with Crippen LogP contribution in [0.1, 0.15) is 63.3 Å². The predicted molar refractivity (Wildman–Crippen MR) is 139 cm³/mol. The molecule has 0 bridgehead atoms. The maximum absolute atomic E-state index is 13.4. The highest BCUT2D eigenvalue weighted by Crippen LogP contribution is 2.40. The van der Waals surface area contributed by atoms with Gasteiger partial charge in [0.25, 0.3) is 5.56 Å². The van der Waals surface area contributed by atoms with Gasteiger partial charge >= 0.3 is 5.97 Å². The van der Waals surface area contributed by atoms with Crippen LogP contribution in [0.3, 0.4) is 0 Å². The Morgan fingerprint density at radius 3 is 2.49 bits per heavy atom. The number of aromatic nitrogens is 2. The zero-order valence-electron chi connectivity index (χ0n) is 22.2. The Hall–Kier alpha value is -3.03. The third-order valence-corrected chi connectivity index (χ3v) is 6.45. The van der Waals surface area contributed by atoms with Crippen molar-refractivity contribution in [1.82, 2.24) is 14.5 Å². The molecule has 0 radical (unpaired) electrons. The molecule has 0 saturated heterocycles. The molecule has 1 aromatic carbocycles. The molecular weight excluding hydrogens is 442 g/mol. The van der Waals surface area contributed by atoms with Crippen molar-refractivity contribution in [1.29, 1.82) is 0 Å². The largest absolute Gasteiger partial charge is 0.458 e. The Morgan fingerprint density at radius 1 is 1.14 bits per heavy atom. The molecule has 2 aromatic heterocycles. The van der Waals surface area contributed by atoms with Crippen LogP contribution in [0.2, 0.25) is 0 Å². The lowest BCUT2D eigenvalue weighted by Crippen LogP contribution is -2.45. The van der Waals surface area contributed by atoms with Crippen LogP contribution < -0.4 is 5.56 Å².